The largest absolute Gasteiger partial charge is 0.352 e. The Hall–Kier alpha value is -2.22. The highest BCUT2D eigenvalue weighted by Crippen LogP contribution is 2.24. The number of amides is 2. The van der Waals surface area contributed by atoms with Crippen LogP contribution in [0.1, 0.15) is 41.8 Å². The molecule has 27 heavy (non-hydrogen) atoms. The average molecular weight is 408 g/mol. The van der Waals surface area contributed by atoms with Crippen LogP contribution < -0.4 is 10.8 Å². The molecular formula is C19H22ClN3O3S. The van der Waals surface area contributed by atoms with E-state index in [0.29, 0.717) is 23.6 Å². The molecule has 0 aliphatic carbocycles. The Morgan fingerprint density at radius 2 is 1.96 bits per heavy atom. The molecule has 1 heterocycles. The zero-order valence-corrected chi connectivity index (χ0v) is 16.6. The summed E-state index contributed by atoms with van der Waals surface area (Å²) in [5.41, 5.74) is 5.57. The van der Waals surface area contributed by atoms with Crippen LogP contribution >= 0.6 is 22.9 Å². The number of hydroxylamine groups is 1. The molecule has 0 unspecified atom stereocenters. The van der Waals surface area contributed by atoms with Gasteiger partial charge in [-0.25, -0.2) is 10.5 Å². The minimum absolute atomic E-state index is 0.168. The summed E-state index contributed by atoms with van der Waals surface area (Å²) in [4.78, 5) is 28.8. The number of hydrogen-bond donors (Lipinski definition) is 3. The summed E-state index contributed by atoms with van der Waals surface area (Å²) >= 11 is 7.44. The first kappa shape index (κ1) is 21.1. The van der Waals surface area contributed by atoms with E-state index < -0.39 is 5.91 Å². The van der Waals surface area contributed by atoms with E-state index >= 15 is 0 Å². The number of benzene rings is 1. The Morgan fingerprint density at radius 1 is 1.22 bits per heavy atom. The molecule has 2 amide bonds. The molecule has 0 atom stereocenters. The van der Waals surface area contributed by atoms with Gasteiger partial charge in [-0.05, 0) is 43.5 Å². The zero-order chi connectivity index (χ0) is 19.6. The van der Waals surface area contributed by atoms with Crippen molar-refractivity contribution < 1.29 is 14.8 Å². The summed E-state index contributed by atoms with van der Waals surface area (Å²) < 4.78 is 0. The summed E-state index contributed by atoms with van der Waals surface area (Å²) in [5.74, 6) is -0.565. The molecule has 1 aromatic heterocycles. The van der Waals surface area contributed by atoms with Gasteiger partial charge >= 0.3 is 0 Å². The molecule has 6 nitrogen and oxygen atoms in total. The molecule has 0 bridgehead atoms. The summed E-state index contributed by atoms with van der Waals surface area (Å²) in [6.07, 6.45) is 4.30. The Bertz CT molecular complexity index is 803. The zero-order valence-electron chi connectivity index (χ0n) is 15.0. The molecule has 1 aromatic carbocycles. The van der Waals surface area contributed by atoms with Crippen molar-refractivity contribution >= 4 is 46.4 Å². The Morgan fingerprint density at radius 3 is 2.59 bits per heavy atom. The second kappa shape index (κ2) is 10.8. The van der Waals surface area contributed by atoms with Crippen molar-refractivity contribution in [1.82, 2.24) is 15.8 Å². The van der Waals surface area contributed by atoms with Crippen LogP contribution in [-0.4, -0.2) is 28.6 Å². The van der Waals surface area contributed by atoms with E-state index in [1.165, 1.54) is 11.3 Å². The number of carbonyl (C=O) groups excluding carboxylic acids is 2. The summed E-state index contributed by atoms with van der Waals surface area (Å²) in [7, 11) is 0. The number of thiazole rings is 1. The van der Waals surface area contributed by atoms with Crippen LogP contribution in [0.15, 0.2) is 29.8 Å². The molecule has 144 valence electrons. The molecule has 3 N–H and O–H groups in total. The third-order valence-corrected chi connectivity index (χ3v) is 5.08. The lowest BCUT2D eigenvalue weighted by Gasteiger charge is -2.10. The van der Waals surface area contributed by atoms with Crippen LogP contribution in [0.4, 0.5) is 0 Å². The number of nitrogens with one attached hydrogen (secondary N) is 2. The Kier molecular flexibility index (Phi) is 8.44. The first-order valence-electron chi connectivity index (χ1n) is 8.60. The van der Waals surface area contributed by atoms with Crippen LogP contribution in [-0.2, 0) is 9.59 Å². The molecule has 0 aliphatic rings. The summed E-state index contributed by atoms with van der Waals surface area (Å²) in [6.45, 7) is 2.41. The average Bonchev–Trinajstić information content (AvgIpc) is 3.07. The molecule has 8 heteroatoms. The lowest BCUT2D eigenvalue weighted by molar-refractivity contribution is -0.129. The van der Waals surface area contributed by atoms with Gasteiger partial charge in [0.1, 0.15) is 0 Å². The summed E-state index contributed by atoms with van der Waals surface area (Å²) in [6, 6.07) is 7.14. The minimum atomic E-state index is -0.396. The second-order valence-corrected chi connectivity index (χ2v) is 7.29. The van der Waals surface area contributed by atoms with Crippen LogP contribution in [0, 0.1) is 6.92 Å². The highest BCUT2D eigenvalue weighted by molar-refractivity contribution is 7.10. The maximum Gasteiger partial charge on any atom is 0.251 e. The van der Waals surface area contributed by atoms with E-state index in [2.05, 4.69) is 10.3 Å². The van der Waals surface area contributed by atoms with E-state index in [-0.39, 0.29) is 12.3 Å². The van der Waals surface area contributed by atoms with E-state index in [1.807, 2.05) is 25.1 Å². The van der Waals surface area contributed by atoms with Gasteiger partial charge in [0.15, 0.2) is 0 Å². The molecule has 2 aromatic rings. The van der Waals surface area contributed by atoms with Crippen molar-refractivity contribution in [2.45, 2.75) is 32.6 Å². The quantitative estimate of drug-likeness (QED) is 0.255. The first-order valence-corrected chi connectivity index (χ1v) is 9.86. The van der Waals surface area contributed by atoms with Gasteiger partial charge in [-0.15, -0.1) is 11.3 Å². The van der Waals surface area contributed by atoms with Gasteiger partial charge in [-0.2, -0.15) is 0 Å². The van der Waals surface area contributed by atoms with Crippen LogP contribution in [0.2, 0.25) is 5.02 Å². The second-order valence-electron chi connectivity index (χ2n) is 5.97. The van der Waals surface area contributed by atoms with Crippen molar-refractivity contribution in [2.75, 3.05) is 6.54 Å². The minimum Gasteiger partial charge on any atom is -0.352 e. The maximum absolute atomic E-state index is 12.7. The van der Waals surface area contributed by atoms with Gasteiger partial charge < -0.3 is 5.32 Å². The van der Waals surface area contributed by atoms with Crippen molar-refractivity contribution in [2.24, 2.45) is 0 Å². The van der Waals surface area contributed by atoms with E-state index in [9.17, 15) is 9.59 Å². The molecule has 0 aliphatic heterocycles. The topological polar surface area (TPSA) is 91.3 Å². The molecule has 0 fully saturated rings. The number of carbonyl (C=O) groups is 2. The third-order valence-electron chi connectivity index (χ3n) is 3.95. The number of hydrogen-bond acceptors (Lipinski definition) is 5. The number of halogens is 1. The molecule has 0 spiro atoms. The molecular weight excluding hydrogens is 386 g/mol. The first-order chi connectivity index (χ1) is 13.0. The van der Waals surface area contributed by atoms with Crippen molar-refractivity contribution in [3.8, 4) is 0 Å². The lowest BCUT2D eigenvalue weighted by Crippen LogP contribution is -2.25. The fourth-order valence-corrected chi connectivity index (χ4v) is 3.29. The standard InChI is InChI=1S/C19H22ClN3O3S/c1-13-17(27-12-22-13)11-16(14-6-8-15(20)9-7-14)19(25)21-10-4-2-3-5-18(24)23-26/h6-9,11-12,26H,2-5,10H2,1H3,(H,21,25)(H,23,24)/b16-11-. The van der Waals surface area contributed by atoms with Gasteiger partial charge in [-0.3, -0.25) is 14.8 Å². The molecule has 0 radical (unpaired) electrons. The number of aryl methyl sites for hydroxylation is 1. The van der Waals surface area contributed by atoms with Gasteiger partial charge in [-0.1, -0.05) is 30.2 Å². The SMILES string of the molecule is Cc1ncsc1/C=C(\C(=O)NCCCCCC(=O)NO)c1ccc(Cl)cc1. The van der Waals surface area contributed by atoms with E-state index in [1.54, 1.807) is 23.1 Å². The van der Waals surface area contributed by atoms with Crippen molar-refractivity contribution in [1.29, 1.82) is 0 Å². The van der Waals surface area contributed by atoms with Crippen LogP contribution in [0.3, 0.4) is 0 Å². The smallest absolute Gasteiger partial charge is 0.251 e. The third kappa shape index (κ3) is 6.78. The predicted molar refractivity (Wildman–Crippen MR) is 108 cm³/mol. The maximum atomic E-state index is 12.7. The van der Waals surface area contributed by atoms with Crippen LogP contribution in [0.25, 0.3) is 11.6 Å². The van der Waals surface area contributed by atoms with Gasteiger partial charge in [0, 0.05) is 23.6 Å². The van der Waals surface area contributed by atoms with Gasteiger partial charge in [0.05, 0.1) is 16.1 Å². The van der Waals surface area contributed by atoms with Crippen molar-refractivity contribution in [3.63, 3.8) is 0 Å². The number of rotatable bonds is 9. The van der Waals surface area contributed by atoms with E-state index in [4.69, 9.17) is 16.8 Å². The van der Waals surface area contributed by atoms with Gasteiger partial charge in [0.2, 0.25) is 5.91 Å². The molecule has 0 saturated carbocycles. The highest BCUT2D eigenvalue weighted by atomic mass is 35.5. The highest BCUT2D eigenvalue weighted by Gasteiger charge is 2.13. The fourth-order valence-electron chi connectivity index (χ4n) is 2.43. The van der Waals surface area contributed by atoms with Gasteiger partial charge in [0.25, 0.3) is 5.91 Å². The summed E-state index contributed by atoms with van der Waals surface area (Å²) in [5, 5.41) is 12.0. The molecule has 0 saturated heterocycles. The Balaban J connectivity index is 2.00. The monoisotopic (exact) mass is 407 g/mol. The lowest BCUT2D eigenvalue weighted by atomic mass is 10.0. The van der Waals surface area contributed by atoms with Crippen LogP contribution in [0.5, 0.6) is 0 Å². The predicted octanol–water partition coefficient (Wildman–Crippen LogP) is 3.83. The number of nitrogens with zero attached hydrogens (tertiary/aromatic N) is 1. The van der Waals surface area contributed by atoms with Crippen molar-refractivity contribution in [3.05, 3.63) is 50.9 Å². The number of aromatic nitrogens is 1. The Labute approximate surface area is 167 Å². The normalized spacial score (nSPS) is 11.3. The van der Waals surface area contributed by atoms with E-state index in [0.717, 1.165) is 29.0 Å². The fraction of sp³-hybridized carbons (Fsp3) is 0.316. The number of unbranched alkanes of at least 4 members (excludes halogenated alkanes) is 2. The molecule has 2 rings (SSSR count).